The summed E-state index contributed by atoms with van der Waals surface area (Å²) in [5, 5.41) is 2.40. The number of nitrogens with zero attached hydrogens (tertiary/aromatic N) is 2. The molecule has 0 saturated heterocycles. The Hall–Kier alpha value is -2.02. The number of hydrogen-bond acceptors (Lipinski definition) is 4. The van der Waals surface area contributed by atoms with Crippen LogP contribution < -0.4 is 5.56 Å². The third kappa shape index (κ3) is 4.76. The molecule has 0 aliphatic carbocycles. The lowest BCUT2D eigenvalue weighted by atomic mass is 10.1. The van der Waals surface area contributed by atoms with Crippen molar-refractivity contribution in [2.75, 3.05) is 5.75 Å². The van der Waals surface area contributed by atoms with Gasteiger partial charge in [0.1, 0.15) is 0 Å². The van der Waals surface area contributed by atoms with Gasteiger partial charge in [-0.25, -0.2) is 4.98 Å². The maximum Gasteiger partial charge on any atom is 0.266 e. The number of benzene rings is 3. The molecule has 0 aliphatic heterocycles. The molecule has 0 spiro atoms. The fourth-order valence-corrected chi connectivity index (χ4v) is 4.43. The largest absolute Gasteiger partial charge is 0.293 e. The minimum Gasteiger partial charge on any atom is -0.293 e. The summed E-state index contributed by atoms with van der Waals surface area (Å²) < 4.78 is 1.41. The van der Waals surface area contributed by atoms with Crippen LogP contribution in [0.1, 0.15) is 10.4 Å². The predicted molar refractivity (Wildman–Crippen MR) is 129 cm³/mol. The monoisotopic (exact) mass is 508 g/mol. The molecule has 31 heavy (non-hydrogen) atoms. The zero-order valence-electron chi connectivity index (χ0n) is 15.6. The van der Waals surface area contributed by atoms with E-state index in [-0.39, 0.29) is 17.1 Å². The predicted octanol–water partition coefficient (Wildman–Crippen LogP) is 6.97. The Morgan fingerprint density at radius 2 is 1.58 bits per heavy atom. The molecule has 1 heterocycles. The highest BCUT2D eigenvalue weighted by Crippen LogP contribution is 2.28. The number of aromatic nitrogens is 2. The van der Waals surface area contributed by atoms with Crippen molar-refractivity contribution in [2.24, 2.45) is 0 Å². The number of Topliss-reactive ketones (excluding diaryl/α,β-unsaturated/α-hetero) is 1. The van der Waals surface area contributed by atoms with Crippen LogP contribution in [0.15, 0.2) is 70.6 Å². The van der Waals surface area contributed by atoms with Crippen LogP contribution in [0, 0.1) is 0 Å². The molecule has 0 atom stereocenters. The molecular formula is C22H12Cl4N2O2S. The van der Waals surface area contributed by atoms with E-state index in [4.69, 9.17) is 46.4 Å². The molecular weight excluding hydrogens is 498 g/mol. The van der Waals surface area contributed by atoms with Gasteiger partial charge in [0, 0.05) is 15.6 Å². The lowest BCUT2D eigenvalue weighted by molar-refractivity contribution is 0.102. The molecule has 0 unspecified atom stereocenters. The maximum atomic E-state index is 13.3. The van der Waals surface area contributed by atoms with Gasteiger partial charge in [-0.05, 0) is 60.7 Å². The van der Waals surface area contributed by atoms with Crippen molar-refractivity contribution in [3.05, 3.63) is 96.7 Å². The summed E-state index contributed by atoms with van der Waals surface area (Å²) in [4.78, 5) is 30.5. The summed E-state index contributed by atoms with van der Waals surface area (Å²) in [5.74, 6) is -0.0515. The topological polar surface area (TPSA) is 52.0 Å². The number of fused-ring (bicyclic) bond motifs is 1. The molecule has 0 aliphatic rings. The lowest BCUT2D eigenvalue weighted by Gasteiger charge is -2.14. The molecule has 0 bridgehead atoms. The van der Waals surface area contributed by atoms with E-state index in [0.717, 1.165) is 11.8 Å². The van der Waals surface area contributed by atoms with Gasteiger partial charge in [-0.2, -0.15) is 0 Å². The van der Waals surface area contributed by atoms with Gasteiger partial charge in [-0.1, -0.05) is 58.2 Å². The first-order valence-electron chi connectivity index (χ1n) is 8.93. The van der Waals surface area contributed by atoms with E-state index in [2.05, 4.69) is 4.98 Å². The zero-order valence-corrected chi connectivity index (χ0v) is 19.5. The second-order valence-corrected chi connectivity index (χ2v) is 9.14. The molecule has 3 aromatic carbocycles. The van der Waals surface area contributed by atoms with Crippen LogP contribution in [-0.4, -0.2) is 21.1 Å². The number of carbonyl (C=O) groups is 1. The fourth-order valence-electron chi connectivity index (χ4n) is 2.94. The van der Waals surface area contributed by atoms with Crippen molar-refractivity contribution in [1.29, 1.82) is 0 Å². The highest BCUT2D eigenvalue weighted by Gasteiger charge is 2.17. The summed E-state index contributed by atoms with van der Waals surface area (Å²) in [6, 6.07) is 16.3. The number of rotatable bonds is 5. The molecule has 4 rings (SSSR count). The van der Waals surface area contributed by atoms with Crippen molar-refractivity contribution < 1.29 is 4.79 Å². The summed E-state index contributed by atoms with van der Waals surface area (Å²) in [7, 11) is 0. The van der Waals surface area contributed by atoms with Gasteiger partial charge < -0.3 is 0 Å². The molecule has 0 amide bonds. The minimum absolute atomic E-state index is 0.0709. The molecule has 0 fully saturated rings. The van der Waals surface area contributed by atoms with Gasteiger partial charge in [0.05, 0.1) is 32.4 Å². The van der Waals surface area contributed by atoms with Crippen molar-refractivity contribution in [3.8, 4) is 5.69 Å². The van der Waals surface area contributed by atoms with E-state index < -0.39 is 0 Å². The molecule has 0 N–H and O–H groups in total. The summed E-state index contributed by atoms with van der Waals surface area (Å²) in [6.07, 6.45) is 0. The van der Waals surface area contributed by atoms with Crippen LogP contribution in [0.4, 0.5) is 0 Å². The van der Waals surface area contributed by atoms with Gasteiger partial charge in [0.2, 0.25) is 0 Å². The van der Waals surface area contributed by atoms with Crippen molar-refractivity contribution >= 4 is 74.9 Å². The van der Waals surface area contributed by atoms with Gasteiger partial charge in [-0.3, -0.25) is 14.2 Å². The quantitative estimate of drug-likeness (QED) is 0.165. The first-order valence-corrected chi connectivity index (χ1v) is 11.4. The van der Waals surface area contributed by atoms with E-state index in [1.165, 1.54) is 4.57 Å². The normalized spacial score (nSPS) is 11.1. The van der Waals surface area contributed by atoms with Crippen LogP contribution in [0.5, 0.6) is 0 Å². The van der Waals surface area contributed by atoms with Crippen molar-refractivity contribution in [3.63, 3.8) is 0 Å². The Morgan fingerprint density at radius 1 is 0.871 bits per heavy atom. The fraction of sp³-hybridized carbons (Fsp3) is 0.0455. The third-order valence-corrected chi connectivity index (χ3v) is 6.63. The van der Waals surface area contributed by atoms with E-state index in [1.54, 1.807) is 60.7 Å². The molecule has 4 nitrogen and oxygen atoms in total. The van der Waals surface area contributed by atoms with Crippen LogP contribution in [0.3, 0.4) is 0 Å². The Labute approximate surface area is 201 Å². The highest BCUT2D eigenvalue weighted by molar-refractivity contribution is 7.99. The van der Waals surface area contributed by atoms with Crippen LogP contribution in [0.25, 0.3) is 16.6 Å². The number of carbonyl (C=O) groups excluding carboxylic acids is 1. The smallest absolute Gasteiger partial charge is 0.266 e. The Bertz CT molecular complexity index is 1370. The second-order valence-electron chi connectivity index (χ2n) is 6.51. The van der Waals surface area contributed by atoms with Gasteiger partial charge in [-0.15, -0.1) is 0 Å². The highest BCUT2D eigenvalue weighted by atomic mass is 35.5. The van der Waals surface area contributed by atoms with E-state index in [0.29, 0.717) is 47.4 Å². The number of thioether (sulfide) groups is 1. The summed E-state index contributed by atoms with van der Waals surface area (Å²) in [5.41, 5.74) is 1.14. The minimum atomic E-state index is -0.304. The maximum absolute atomic E-state index is 13.3. The number of halogens is 4. The standard InChI is InChI=1S/C22H12Cl4N2O2S/c23-13-3-1-12(2-4-13)20(29)11-31-22-27-19-9-14(24)5-7-16(19)21(30)28(22)15-6-8-17(25)18(26)10-15/h1-10H,11H2. The van der Waals surface area contributed by atoms with Crippen LogP contribution in [-0.2, 0) is 0 Å². The molecule has 0 radical (unpaired) electrons. The van der Waals surface area contributed by atoms with E-state index in [1.807, 2.05) is 0 Å². The second kappa shape index (κ2) is 9.23. The van der Waals surface area contributed by atoms with Gasteiger partial charge in [0.15, 0.2) is 10.9 Å². The molecule has 0 saturated carbocycles. The molecule has 1 aromatic heterocycles. The summed E-state index contributed by atoms with van der Waals surface area (Å²) in [6.45, 7) is 0. The van der Waals surface area contributed by atoms with Crippen molar-refractivity contribution in [2.45, 2.75) is 5.16 Å². The molecule has 9 heteroatoms. The van der Waals surface area contributed by atoms with E-state index >= 15 is 0 Å². The summed E-state index contributed by atoms with van der Waals surface area (Å²) >= 11 is 25.3. The molecule has 156 valence electrons. The number of ketones is 1. The van der Waals surface area contributed by atoms with Crippen LogP contribution in [0.2, 0.25) is 20.1 Å². The average Bonchev–Trinajstić information content (AvgIpc) is 2.74. The number of hydrogen-bond donors (Lipinski definition) is 0. The van der Waals surface area contributed by atoms with Crippen molar-refractivity contribution in [1.82, 2.24) is 9.55 Å². The Balaban J connectivity index is 1.80. The zero-order chi connectivity index (χ0) is 22.1. The molecule has 4 aromatic rings. The first-order chi connectivity index (χ1) is 14.8. The SMILES string of the molecule is O=C(CSc1nc2cc(Cl)ccc2c(=O)n1-c1ccc(Cl)c(Cl)c1)c1ccc(Cl)cc1. The van der Waals surface area contributed by atoms with Gasteiger partial charge >= 0.3 is 0 Å². The van der Waals surface area contributed by atoms with E-state index in [9.17, 15) is 9.59 Å². The average molecular weight is 510 g/mol. The first kappa shape index (κ1) is 22.2. The lowest BCUT2D eigenvalue weighted by Crippen LogP contribution is -2.22. The Kier molecular flexibility index (Phi) is 6.60. The Morgan fingerprint density at radius 3 is 2.29 bits per heavy atom. The van der Waals surface area contributed by atoms with Gasteiger partial charge in [0.25, 0.3) is 5.56 Å². The third-order valence-electron chi connectivity index (χ3n) is 4.46. The van der Waals surface area contributed by atoms with Crippen LogP contribution >= 0.6 is 58.2 Å².